The number of hydrogen-bond donors (Lipinski definition) is 2. The summed E-state index contributed by atoms with van der Waals surface area (Å²) < 4.78 is 0. The summed E-state index contributed by atoms with van der Waals surface area (Å²) in [7, 11) is 2.14. The Morgan fingerprint density at radius 3 is 2.65 bits per heavy atom. The fraction of sp³-hybridized carbons (Fsp3) is 0.688. The van der Waals surface area contributed by atoms with Gasteiger partial charge in [0, 0.05) is 25.5 Å². The van der Waals surface area contributed by atoms with Crippen LogP contribution in [0.4, 0.5) is 0 Å². The van der Waals surface area contributed by atoms with Gasteiger partial charge >= 0.3 is 0 Å². The zero-order valence-electron chi connectivity index (χ0n) is 12.7. The van der Waals surface area contributed by atoms with Gasteiger partial charge in [0.05, 0.1) is 12.1 Å². The van der Waals surface area contributed by atoms with E-state index in [-0.39, 0.29) is 12.1 Å². The van der Waals surface area contributed by atoms with Crippen molar-refractivity contribution in [1.29, 1.82) is 0 Å². The van der Waals surface area contributed by atoms with E-state index in [1.165, 1.54) is 18.4 Å². The molecule has 1 heterocycles. The molecule has 0 saturated heterocycles. The molecule has 4 nitrogen and oxygen atoms in total. The average Bonchev–Trinajstić information content (AvgIpc) is 3.31. The first-order valence-corrected chi connectivity index (χ1v) is 7.63. The molecule has 0 radical (unpaired) electrons. The Morgan fingerprint density at radius 2 is 2.10 bits per heavy atom. The zero-order chi connectivity index (χ0) is 14.4. The molecule has 1 aliphatic rings. The van der Waals surface area contributed by atoms with Crippen LogP contribution in [-0.2, 0) is 6.42 Å². The lowest BCUT2D eigenvalue weighted by Crippen LogP contribution is -2.57. The van der Waals surface area contributed by atoms with Crippen LogP contribution >= 0.6 is 0 Å². The van der Waals surface area contributed by atoms with Crippen molar-refractivity contribution in [3.05, 3.63) is 30.1 Å². The molecule has 1 aliphatic carbocycles. The Kier molecular flexibility index (Phi) is 5.52. The Morgan fingerprint density at radius 1 is 1.40 bits per heavy atom. The second-order valence-electron chi connectivity index (χ2n) is 5.96. The van der Waals surface area contributed by atoms with Crippen LogP contribution in [0.3, 0.4) is 0 Å². The minimum atomic E-state index is -0.109. The molecule has 1 aromatic rings. The van der Waals surface area contributed by atoms with Gasteiger partial charge in [0.2, 0.25) is 0 Å². The van der Waals surface area contributed by atoms with E-state index in [2.05, 4.69) is 41.3 Å². The number of nitrogens with one attached hydrogen (secondary N) is 1. The summed E-state index contributed by atoms with van der Waals surface area (Å²) in [5, 5.41) is 13.4. The molecule has 0 amide bonds. The Hall–Kier alpha value is -0.970. The van der Waals surface area contributed by atoms with Crippen LogP contribution in [0, 0.1) is 5.92 Å². The maximum Gasteiger partial charge on any atom is 0.0628 e. The molecule has 1 saturated carbocycles. The standard InChI is InChI=1S/C16H27N3O/c1-3-18-16(13-20,15-4-5-15)12-19(2)11-8-14-6-9-17-10-7-14/h6-7,9-10,15,18,20H,3-5,8,11-13H2,1-2H3. The summed E-state index contributed by atoms with van der Waals surface area (Å²) in [5.74, 6) is 0.635. The molecule has 0 aliphatic heterocycles. The van der Waals surface area contributed by atoms with Crippen molar-refractivity contribution in [1.82, 2.24) is 15.2 Å². The lowest BCUT2D eigenvalue weighted by molar-refractivity contribution is 0.103. The van der Waals surface area contributed by atoms with Crippen LogP contribution in [-0.4, -0.2) is 53.8 Å². The zero-order valence-corrected chi connectivity index (χ0v) is 12.7. The van der Waals surface area contributed by atoms with Crippen LogP contribution in [0.2, 0.25) is 0 Å². The topological polar surface area (TPSA) is 48.4 Å². The van der Waals surface area contributed by atoms with Crippen molar-refractivity contribution in [3.8, 4) is 0 Å². The second-order valence-corrected chi connectivity index (χ2v) is 5.96. The highest BCUT2D eigenvalue weighted by Crippen LogP contribution is 2.39. The summed E-state index contributed by atoms with van der Waals surface area (Å²) >= 11 is 0. The molecule has 20 heavy (non-hydrogen) atoms. The van der Waals surface area contributed by atoms with Crippen LogP contribution in [0.5, 0.6) is 0 Å². The number of nitrogens with zero attached hydrogens (tertiary/aromatic N) is 2. The van der Waals surface area contributed by atoms with E-state index in [0.717, 1.165) is 26.1 Å². The van der Waals surface area contributed by atoms with Crippen molar-refractivity contribution in [2.24, 2.45) is 5.92 Å². The lowest BCUT2D eigenvalue weighted by atomic mass is 9.93. The molecule has 0 aromatic carbocycles. The third-order valence-corrected chi connectivity index (χ3v) is 4.25. The van der Waals surface area contributed by atoms with Gasteiger partial charge in [-0.25, -0.2) is 0 Å². The third kappa shape index (κ3) is 4.01. The summed E-state index contributed by atoms with van der Waals surface area (Å²) in [5.41, 5.74) is 1.21. The van der Waals surface area contributed by atoms with Gasteiger partial charge in [0.25, 0.3) is 0 Å². The second kappa shape index (κ2) is 7.16. The predicted octanol–water partition coefficient (Wildman–Crippen LogP) is 1.31. The number of aromatic nitrogens is 1. The van der Waals surface area contributed by atoms with Crippen molar-refractivity contribution >= 4 is 0 Å². The Balaban J connectivity index is 1.86. The maximum atomic E-state index is 9.85. The van der Waals surface area contributed by atoms with Crippen LogP contribution < -0.4 is 5.32 Å². The van der Waals surface area contributed by atoms with Crippen LogP contribution in [0.15, 0.2) is 24.5 Å². The Bertz CT molecular complexity index is 394. The van der Waals surface area contributed by atoms with Gasteiger partial charge in [-0.1, -0.05) is 6.92 Å². The Labute approximate surface area is 122 Å². The first-order valence-electron chi connectivity index (χ1n) is 7.63. The summed E-state index contributed by atoms with van der Waals surface area (Å²) in [6, 6.07) is 4.14. The van der Waals surface area contributed by atoms with Crippen molar-refractivity contribution in [2.45, 2.75) is 31.7 Å². The molecule has 1 aromatic heterocycles. The van der Waals surface area contributed by atoms with Gasteiger partial charge in [0.15, 0.2) is 0 Å². The molecule has 1 unspecified atom stereocenters. The van der Waals surface area contributed by atoms with Crippen LogP contribution in [0.25, 0.3) is 0 Å². The average molecular weight is 277 g/mol. The highest BCUT2D eigenvalue weighted by molar-refractivity contribution is 5.10. The van der Waals surface area contributed by atoms with Gasteiger partial charge < -0.3 is 15.3 Å². The van der Waals surface area contributed by atoms with Crippen LogP contribution in [0.1, 0.15) is 25.3 Å². The number of pyridine rings is 1. The van der Waals surface area contributed by atoms with Gasteiger partial charge in [-0.2, -0.15) is 0 Å². The normalized spacial score (nSPS) is 18.2. The monoisotopic (exact) mass is 277 g/mol. The number of aliphatic hydroxyl groups is 1. The van der Waals surface area contributed by atoms with E-state index in [1.54, 1.807) is 0 Å². The van der Waals surface area contributed by atoms with Crippen molar-refractivity contribution < 1.29 is 5.11 Å². The van der Waals surface area contributed by atoms with E-state index in [0.29, 0.717) is 5.92 Å². The van der Waals surface area contributed by atoms with Gasteiger partial charge in [-0.05, 0) is 56.5 Å². The molecular weight excluding hydrogens is 250 g/mol. The largest absolute Gasteiger partial charge is 0.394 e. The molecule has 2 rings (SSSR count). The summed E-state index contributed by atoms with van der Waals surface area (Å²) in [6.07, 6.45) is 7.20. The molecule has 1 fully saturated rings. The highest BCUT2D eigenvalue weighted by atomic mass is 16.3. The van der Waals surface area contributed by atoms with E-state index in [9.17, 15) is 5.11 Å². The van der Waals surface area contributed by atoms with E-state index in [4.69, 9.17) is 0 Å². The summed E-state index contributed by atoms with van der Waals surface area (Å²) in [6.45, 7) is 5.17. The first-order chi connectivity index (χ1) is 9.70. The number of likely N-dealkylation sites (N-methyl/N-ethyl adjacent to an activating group) is 2. The molecule has 1 atom stereocenters. The smallest absolute Gasteiger partial charge is 0.0628 e. The minimum absolute atomic E-state index is 0.109. The highest BCUT2D eigenvalue weighted by Gasteiger charge is 2.44. The minimum Gasteiger partial charge on any atom is -0.394 e. The molecular formula is C16H27N3O. The predicted molar refractivity (Wildman–Crippen MR) is 81.7 cm³/mol. The van der Waals surface area contributed by atoms with E-state index >= 15 is 0 Å². The summed E-state index contributed by atoms with van der Waals surface area (Å²) in [4.78, 5) is 6.38. The van der Waals surface area contributed by atoms with Gasteiger partial charge in [-0.15, -0.1) is 0 Å². The van der Waals surface area contributed by atoms with Crippen molar-refractivity contribution in [3.63, 3.8) is 0 Å². The SMILES string of the molecule is CCNC(CO)(CN(C)CCc1ccncc1)C1CC1. The molecule has 112 valence electrons. The lowest BCUT2D eigenvalue weighted by Gasteiger charge is -2.37. The van der Waals surface area contributed by atoms with E-state index in [1.807, 2.05) is 12.4 Å². The third-order valence-electron chi connectivity index (χ3n) is 4.25. The number of aliphatic hydroxyl groups excluding tert-OH is 1. The fourth-order valence-electron chi connectivity index (χ4n) is 2.98. The quantitative estimate of drug-likeness (QED) is 0.714. The fourth-order valence-corrected chi connectivity index (χ4v) is 2.98. The first kappa shape index (κ1) is 15.4. The molecule has 0 bridgehead atoms. The van der Waals surface area contributed by atoms with Gasteiger partial charge in [-0.3, -0.25) is 4.98 Å². The number of rotatable bonds is 9. The molecule has 4 heteroatoms. The van der Waals surface area contributed by atoms with E-state index < -0.39 is 0 Å². The number of hydrogen-bond acceptors (Lipinski definition) is 4. The molecule has 0 spiro atoms. The molecule has 2 N–H and O–H groups in total. The van der Waals surface area contributed by atoms with Gasteiger partial charge in [0.1, 0.15) is 0 Å². The maximum absolute atomic E-state index is 9.85. The van der Waals surface area contributed by atoms with Crippen molar-refractivity contribution in [2.75, 3.05) is 33.3 Å².